The lowest BCUT2D eigenvalue weighted by Crippen LogP contribution is -2.50. The number of thioether (sulfide) groups is 1. The minimum Gasteiger partial charge on any atom is -0.339 e. The van der Waals surface area contributed by atoms with E-state index < -0.39 is 10.0 Å². The summed E-state index contributed by atoms with van der Waals surface area (Å²) in [5.74, 6) is 1.22. The average molecular weight is 359 g/mol. The first-order chi connectivity index (χ1) is 10.9. The van der Waals surface area contributed by atoms with Gasteiger partial charge in [0.25, 0.3) is 0 Å². The normalized spacial score (nSPS) is 20.0. The fourth-order valence-electron chi connectivity index (χ4n) is 2.69. The van der Waals surface area contributed by atoms with Crippen LogP contribution in [0.25, 0.3) is 0 Å². The maximum atomic E-state index is 12.3. The van der Waals surface area contributed by atoms with Crippen LogP contribution in [-0.2, 0) is 14.8 Å². The van der Waals surface area contributed by atoms with E-state index in [1.54, 1.807) is 4.90 Å². The van der Waals surface area contributed by atoms with Gasteiger partial charge < -0.3 is 9.47 Å². The Morgan fingerprint density at radius 1 is 1.22 bits per heavy atom. The Hall–Kier alpha value is -1.13. The van der Waals surface area contributed by atoms with Gasteiger partial charge in [0.2, 0.25) is 15.9 Å². The standard InChI is InChI=1S/C13H21N5O3S2/c1-10-14-15-13(18(10)11-3-4-11)22-9-12(19)16-5-7-17(8-6-16)23(2,20)21/h11H,3-9H2,1-2H3. The van der Waals surface area contributed by atoms with Gasteiger partial charge in [-0.05, 0) is 19.8 Å². The van der Waals surface area contributed by atoms with Crippen LogP contribution in [0.1, 0.15) is 24.7 Å². The number of rotatable bonds is 5. The van der Waals surface area contributed by atoms with Crippen molar-refractivity contribution in [2.75, 3.05) is 38.2 Å². The first-order valence-electron chi connectivity index (χ1n) is 7.63. The lowest BCUT2D eigenvalue weighted by molar-refractivity contribution is -0.129. The fraction of sp³-hybridized carbons (Fsp3) is 0.769. The molecule has 0 bridgehead atoms. The molecular weight excluding hydrogens is 338 g/mol. The number of hydrogen-bond donors (Lipinski definition) is 0. The summed E-state index contributed by atoms with van der Waals surface area (Å²) in [6, 6.07) is 0.487. The van der Waals surface area contributed by atoms with Crippen LogP contribution in [-0.4, -0.2) is 76.5 Å². The van der Waals surface area contributed by atoms with Crippen LogP contribution in [0.5, 0.6) is 0 Å². The van der Waals surface area contributed by atoms with Gasteiger partial charge in [0.1, 0.15) is 5.82 Å². The van der Waals surface area contributed by atoms with Gasteiger partial charge in [-0.15, -0.1) is 10.2 Å². The minimum atomic E-state index is -3.17. The molecular formula is C13H21N5O3S2. The van der Waals surface area contributed by atoms with Gasteiger partial charge in [-0.1, -0.05) is 11.8 Å². The monoisotopic (exact) mass is 359 g/mol. The zero-order valence-corrected chi connectivity index (χ0v) is 14.9. The second-order valence-electron chi connectivity index (χ2n) is 5.96. The van der Waals surface area contributed by atoms with Crippen LogP contribution >= 0.6 is 11.8 Å². The number of amides is 1. The maximum Gasteiger partial charge on any atom is 0.233 e. The molecule has 2 fully saturated rings. The molecule has 1 aromatic heterocycles. The van der Waals surface area contributed by atoms with Gasteiger partial charge in [0.05, 0.1) is 12.0 Å². The molecule has 128 valence electrons. The molecule has 23 heavy (non-hydrogen) atoms. The highest BCUT2D eigenvalue weighted by Crippen LogP contribution is 2.38. The zero-order chi connectivity index (χ0) is 16.6. The van der Waals surface area contributed by atoms with E-state index in [2.05, 4.69) is 14.8 Å². The molecule has 8 nitrogen and oxygen atoms in total. The Morgan fingerprint density at radius 2 is 1.87 bits per heavy atom. The van der Waals surface area contributed by atoms with Crippen molar-refractivity contribution in [2.24, 2.45) is 0 Å². The molecule has 0 spiro atoms. The van der Waals surface area contributed by atoms with Crippen molar-refractivity contribution >= 4 is 27.7 Å². The summed E-state index contributed by atoms with van der Waals surface area (Å²) in [5, 5.41) is 9.05. The van der Waals surface area contributed by atoms with E-state index in [0.717, 1.165) is 23.8 Å². The van der Waals surface area contributed by atoms with Crippen molar-refractivity contribution in [1.29, 1.82) is 0 Å². The zero-order valence-electron chi connectivity index (χ0n) is 13.3. The number of sulfonamides is 1. The number of nitrogens with zero attached hydrogens (tertiary/aromatic N) is 5. The molecule has 1 aliphatic carbocycles. The second kappa shape index (κ2) is 6.40. The molecule has 1 aliphatic heterocycles. The van der Waals surface area contributed by atoms with Crippen LogP contribution in [0.4, 0.5) is 0 Å². The van der Waals surface area contributed by atoms with Crippen LogP contribution < -0.4 is 0 Å². The van der Waals surface area contributed by atoms with E-state index in [4.69, 9.17) is 0 Å². The molecule has 2 heterocycles. The average Bonchev–Trinajstić information content (AvgIpc) is 3.27. The van der Waals surface area contributed by atoms with Crippen molar-refractivity contribution < 1.29 is 13.2 Å². The molecule has 1 saturated carbocycles. The first-order valence-corrected chi connectivity index (χ1v) is 10.5. The van der Waals surface area contributed by atoms with Crippen LogP contribution in [0, 0.1) is 6.92 Å². The van der Waals surface area contributed by atoms with Gasteiger partial charge in [-0.3, -0.25) is 4.79 Å². The number of piperazine rings is 1. The molecule has 1 aromatic rings. The van der Waals surface area contributed by atoms with E-state index in [0.29, 0.717) is 38.0 Å². The molecule has 1 saturated heterocycles. The Labute approximate surface area is 140 Å². The lowest BCUT2D eigenvalue weighted by Gasteiger charge is -2.33. The van der Waals surface area contributed by atoms with Crippen molar-refractivity contribution in [1.82, 2.24) is 24.0 Å². The summed E-state index contributed by atoms with van der Waals surface area (Å²) in [4.78, 5) is 14.0. The van der Waals surface area contributed by atoms with Gasteiger partial charge in [-0.25, -0.2) is 8.42 Å². The Morgan fingerprint density at radius 3 is 2.43 bits per heavy atom. The highest BCUT2D eigenvalue weighted by atomic mass is 32.2. The highest BCUT2D eigenvalue weighted by Gasteiger charge is 2.29. The predicted molar refractivity (Wildman–Crippen MR) is 86.8 cm³/mol. The second-order valence-corrected chi connectivity index (χ2v) is 8.89. The van der Waals surface area contributed by atoms with Crippen molar-refractivity contribution in [3.05, 3.63) is 5.82 Å². The van der Waals surface area contributed by atoms with Crippen molar-refractivity contribution in [3.63, 3.8) is 0 Å². The quantitative estimate of drug-likeness (QED) is 0.694. The highest BCUT2D eigenvalue weighted by molar-refractivity contribution is 7.99. The third-order valence-electron chi connectivity index (χ3n) is 4.13. The Balaban J connectivity index is 1.53. The van der Waals surface area contributed by atoms with Crippen LogP contribution in [0.3, 0.4) is 0 Å². The molecule has 1 amide bonds. The van der Waals surface area contributed by atoms with E-state index in [1.165, 1.54) is 22.3 Å². The number of hydrogen-bond acceptors (Lipinski definition) is 6. The molecule has 3 rings (SSSR count). The number of aromatic nitrogens is 3. The van der Waals surface area contributed by atoms with E-state index >= 15 is 0 Å². The number of carbonyl (C=O) groups is 1. The largest absolute Gasteiger partial charge is 0.339 e. The number of aryl methyl sites for hydroxylation is 1. The third kappa shape index (κ3) is 3.86. The summed E-state index contributed by atoms with van der Waals surface area (Å²) in [5.41, 5.74) is 0. The lowest BCUT2D eigenvalue weighted by atomic mass is 10.3. The van der Waals surface area contributed by atoms with E-state index in [9.17, 15) is 13.2 Å². The summed E-state index contributed by atoms with van der Waals surface area (Å²) < 4.78 is 26.5. The van der Waals surface area contributed by atoms with Gasteiger partial charge in [-0.2, -0.15) is 4.31 Å². The first kappa shape index (κ1) is 16.7. The molecule has 2 aliphatic rings. The Kier molecular flexibility index (Phi) is 4.65. The van der Waals surface area contributed by atoms with E-state index in [-0.39, 0.29) is 5.91 Å². The molecule has 0 atom stereocenters. The summed E-state index contributed by atoms with van der Waals surface area (Å²) >= 11 is 1.41. The third-order valence-corrected chi connectivity index (χ3v) is 6.36. The summed E-state index contributed by atoms with van der Waals surface area (Å²) in [7, 11) is -3.17. The topological polar surface area (TPSA) is 88.4 Å². The van der Waals surface area contributed by atoms with Crippen molar-refractivity contribution in [3.8, 4) is 0 Å². The summed E-state index contributed by atoms with van der Waals surface area (Å²) in [6.45, 7) is 3.56. The molecule has 0 unspecified atom stereocenters. The van der Waals surface area contributed by atoms with E-state index in [1.807, 2.05) is 6.92 Å². The molecule has 0 N–H and O–H groups in total. The van der Waals surface area contributed by atoms with Crippen LogP contribution in [0.2, 0.25) is 0 Å². The van der Waals surface area contributed by atoms with Crippen LogP contribution in [0.15, 0.2) is 5.16 Å². The minimum absolute atomic E-state index is 0.0196. The van der Waals surface area contributed by atoms with Crippen molar-refractivity contribution in [2.45, 2.75) is 31.0 Å². The molecule has 0 aromatic carbocycles. The molecule has 0 radical (unpaired) electrons. The smallest absolute Gasteiger partial charge is 0.233 e. The number of carbonyl (C=O) groups excluding carboxylic acids is 1. The summed E-state index contributed by atoms with van der Waals surface area (Å²) in [6.07, 6.45) is 3.50. The Bertz CT molecular complexity index is 690. The maximum absolute atomic E-state index is 12.3. The molecule has 10 heteroatoms. The fourth-order valence-corrected chi connectivity index (χ4v) is 4.47. The SMILES string of the molecule is Cc1nnc(SCC(=O)N2CCN(S(C)(=O)=O)CC2)n1C1CC1. The predicted octanol–water partition coefficient (Wildman–Crippen LogP) is 0.117. The van der Waals surface area contributed by atoms with Gasteiger partial charge in [0.15, 0.2) is 5.16 Å². The van der Waals surface area contributed by atoms with Gasteiger partial charge >= 0.3 is 0 Å². The van der Waals surface area contributed by atoms with Gasteiger partial charge in [0, 0.05) is 32.2 Å².